The molecule has 0 saturated heterocycles. The first-order chi connectivity index (χ1) is 8.81. The van der Waals surface area contributed by atoms with Crippen LogP contribution in [0.1, 0.15) is 0 Å². The van der Waals surface area contributed by atoms with Crippen molar-refractivity contribution in [1.82, 2.24) is 19.7 Å². The van der Waals surface area contributed by atoms with Gasteiger partial charge in [-0.2, -0.15) is 0 Å². The molecule has 0 amide bonds. The summed E-state index contributed by atoms with van der Waals surface area (Å²) in [5.41, 5.74) is 2.00. The van der Waals surface area contributed by atoms with Crippen LogP contribution in [0.25, 0.3) is 22.3 Å². The van der Waals surface area contributed by atoms with Crippen molar-refractivity contribution in [3.63, 3.8) is 0 Å². The average Bonchev–Trinajstić information content (AvgIpc) is 2.79. The Morgan fingerprint density at radius 2 is 1.94 bits per heavy atom. The molecule has 90 valence electrons. The van der Waals surface area contributed by atoms with Crippen LogP contribution in [0.3, 0.4) is 0 Å². The highest BCUT2D eigenvalue weighted by molar-refractivity contribution is 5.92. The lowest BCUT2D eigenvalue weighted by molar-refractivity contribution is 0.926. The Hall–Kier alpha value is -2.43. The standard InChI is InChI=1S/C13H13N5/c1-14-13-17-16-12(18(13)2)10-7-8-15-11-6-4-3-5-9(10)11/h3-8H,1-2H3,(H,14,17). The predicted octanol–water partition coefficient (Wildman–Crippen LogP) is 2.07. The van der Waals surface area contributed by atoms with Crippen LogP contribution in [0.5, 0.6) is 0 Å². The minimum Gasteiger partial charge on any atom is -0.357 e. The van der Waals surface area contributed by atoms with E-state index in [1.54, 1.807) is 6.20 Å². The lowest BCUT2D eigenvalue weighted by atomic mass is 10.1. The van der Waals surface area contributed by atoms with E-state index in [2.05, 4.69) is 20.5 Å². The maximum absolute atomic E-state index is 4.35. The Labute approximate surface area is 104 Å². The highest BCUT2D eigenvalue weighted by Crippen LogP contribution is 2.26. The van der Waals surface area contributed by atoms with E-state index in [0.29, 0.717) is 0 Å². The van der Waals surface area contributed by atoms with Crippen LogP contribution >= 0.6 is 0 Å². The van der Waals surface area contributed by atoms with E-state index in [-0.39, 0.29) is 0 Å². The number of fused-ring (bicyclic) bond motifs is 1. The monoisotopic (exact) mass is 239 g/mol. The van der Waals surface area contributed by atoms with Gasteiger partial charge >= 0.3 is 0 Å². The van der Waals surface area contributed by atoms with Gasteiger partial charge in [-0.3, -0.25) is 9.55 Å². The van der Waals surface area contributed by atoms with Crippen molar-refractivity contribution in [2.24, 2.45) is 7.05 Å². The van der Waals surface area contributed by atoms with E-state index in [1.165, 1.54) is 0 Å². The van der Waals surface area contributed by atoms with Crippen LogP contribution < -0.4 is 5.32 Å². The molecule has 18 heavy (non-hydrogen) atoms. The lowest BCUT2D eigenvalue weighted by Crippen LogP contribution is -2.00. The van der Waals surface area contributed by atoms with Crippen LogP contribution in [-0.2, 0) is 7.05 Å². The Balaban J connectivity index is 2.28. The molecule has 0 aliphatic heterocycles. The quantitative estimate of drug-likeness (QED) is 0.743. The number of rotatable bonds is 2. The number of pyridine rings is 1. The molecule has 1 N–H and O–H groups in total. The molecule has 0 unspecified atom stereocenters. The molecule has 1 aromatic carbocycles. The van der Waals surface area contributed by atoms with Gasteiger partial charge in [0.25, 0.3) is 0 Å². The molecule has 0 bridgehead atoms. The first-order valence-electron chi connectivity index (χ1n) is 5.72. The third-order valence-electron chi connectivity index (χ3n) is 2.99. The van der Waals surface area contributed by atoms with Crippen molar-refractivity contribution in [2.75, 3.05) is 12.4 Å². The summed E-state index contributed by atoms with van der Waals surface area (Å²) in [6, 6.07) is 9.99. The zero-order valence-corrected chi connectivity index (χ0v) is 10.3. The van der Waals surface area contributed by atoms with Crippen molar-refractivity contribution >= 4 is 16.9 Å². The van der Waals surface area contributed by atoms with Crippen molar-refractivity contribution in [3.05, 3.63) is 36.5 Å². The summed E-state index contributed by atoms with van der Waals surface area (Å²) in [5, 5.41) is 12.4. The summed E-state index contributed by atoms with van der Waals surface area (Å²) in [5.74, 6) is 1.57. The van der Waals surface area contributed by atoms with Gasteiger partial charge < -0.3 is 5.32 Å². The molecule has 2 aromatic heterocycles. The zero-order chi connectivity index (χ0) is 12.5. The van der Waals surface area contributed by atoms with E-state index in [9.17, 15) is 0 Å². The Bertz CT molecular complexity index is 696. The topological polar surface area (TPSA) is 55.6 Å². The largest absolute Gasteiger partial charge is 0.357 e. The molecule has 0 fully saturated rings. The van der Waals surface area contributed by atoms with E-state index in [1.807, 2.05) is 49.0 Å². The molecule has 0 aliphatic carbocycles. The smallest absolute Gasteiger partial charge is 0.224 e. The number of hydrogen-bond acceptors (Lipinski definition) is 4. The maximum atomic E-state index is 4.35. The lowest BCUT2D eigenvalue weighted by Gasteiger charge is -2.06. The zero-order valence-electron chi connectivity index (χ0n) is 10.3. The van der Waals surface area contributed by atoms with Gasteiger partial charge in [0.15, 0.2) is 5.82 Å². The van der Waals surface area contributed by atoms with Gasteiger partial charge in [-0.25, -0.2) is 0 Å². The van der Waals surface area contributed by atoms with E-state index >= 15 is 0 Å². The highest BCUT2D eigenvalue weighted by Gasteiger charge is 2.12. The number of hydrogen-bond donors (Lipinski definition) is 1. The second-order valence-corrected chi connectivity index (χ2v) is 4.03. The van der Waals surface area contributed by atoms with E-state index in [0.717, 1.165) is 28.2 Å². The summed E-state index contributed by atoms with van der Waals surface area (Å²) < 4.78 is 1.93. The normalized spacial score (nSPS) is 10.8. The molecule has 5 nitrogen and oxygen atoms in total. The fraction of sp³-hybridized carbons (Fsp3) is 0.154. The average molecular weight is 239 g/mol. The second-order valence-electron chi connectivity index (χ2n) is 4.03. The van der Waals surface area contributed by atoms with Crippen molar-refractivity contribution in [3.8, 4) is 11.4 Å². The summed E-state index contributed by atoms with van der Waals surface area (Å²) in [6.07, 6.45) is 1.80. The molecule has 0 radical (unpaired) electrons. The Morgan fingerprint density at radius 1 is 1.11 bits per heavy atom. The molecule has 3 rings (SSSR count). The molecule has 0 saturated carbocycles. The maximum Gasteiger partial charge on any atom is 0.224 e. The minimum atomic E-state index is 0.742. The number of nitrogens with one attached hydrogen (secondary N) is 1. The molecule has 3 aromatic rings. The SMILES string of the molecule is CNc1nnc(-c2ccnc3ccccc23)n1C. The Morgan fingerprint density at radius 3 is 2.72 bits per heavy atom. The van der Waals surface area contributed by atoms with Gasteiger partial charge in [0.1, 0.15) is 0 Å². The van der Waals surface area contributed by atoms with E-state index in [4.69, 9.17) is 0 Å². The third kappa shape index (κ3) is 1.52. The fourth-order valence-corrected chi connectivity index (χ4v) is 2.07. The Kier molecular flexibility index (Phi) is 2.44. The molecule has 2 heterocycles. The van der Waals surface area contributed by atoms with Gasteiger partial charge in [-0.15, -0.1) is 10.2 Å². The van der Waals surface area contributed by atoms with E-state index < -0.39 is 0 Å². The molecule has 0 atom stereocenters. The van der Waals surface area contributed by atoms with Gasteiger partial charge in [-0.1, -0.05) is 18.2 Å². The highest BCUT2D eigenvalue weighted by atomic mass is 15.3. The van der Waals surface area contributed by atoms with Crippen LogP contribution in [0.4, 0.5) is 5.95 Å². The van der Waals surface area contributed by atoms with Crippen LogP contribution in [0, 0.1) is 0 Å². The number of anilines is 1. The summed E-state index contributed by atoms with van der Waals surface area (Å²) in [7, 11) is 3.77. The second kappa shape index (κ2) is 4.10. The molecule has 0 aliphatic rings. The van der Waals surface area contributed by atoms with Gasteiger partial charge in [0, 0.05) is 31.2 Å². The first-order valence-corrected chi connectivity index (χ1v) is 5.72. The number of para-hydroxylation sites is 1. The number of aromatic nitrogens is 4. The third-order valence-corrected chi connectivity index (χ3v) is 2.99. The van der Waals surface area contributed by atoms with Crippen molar-refractivity contribution in [1.29, 1.82) is 0 Å². The number of benzene rings is 1. The summed E-state index contributed by atoms with van der Waals surface area (Å²) in [6.45, 7) is 0. The molecule has 5 heteroatoms. The van der Waals surface area contributed by atoms with Crippen LogP contribution in [-0.4, -0.2) is 26.8 Å². The first kappa shape index (κ1) is 10.7. The van der Waals surface area contributed by atoms with Crippen molar-refractivity contribution in [2.45, 2.75) is 0 Å². The van der Waals surface area contributed by atoms with Crippen LogP contribution in [0.2, 0.25) is 0 Å². The fourth-order valence-electron chi connectivity index (χ4n) is 2.07. The minimum absolute atomic E-state index is 0.742. The van der Waals surface area contributed by atoms with Gasteiger partial charge in [0.05, 0.1) is 5.52 Å². The van der Waals surface area contributed by atoms with Gasteiger partial charge in [-0.05, 0) is 12.1 Å². The molecular weight excluding hydrogens is 226 g/mol. The van der Waals surface area contributed by atoms with Crippen LogP contribution in [0.15, 0.2) is 36.5 Å². The van der Waals surface area contributed by atoms with Crippen molar-refractivity contribution < 1.29 is 0 Å². The summed E-state index contributed by atoms with van der Waals surface area (Å²) in [4.78, 5) is 4.35. The summed E-state index contributed by atoms with van der Waals surface area (Å²) >= 11 is 0. The number of nitrogens with zero attached hydrogens (tertiary/aromatic N) is 4. The predicted molar refractivity (Wildman–Crippen MR) is 71.3 cm³/mol. The van der Waals surface area contributed by atoms with Gasteiger partial charge in [0.2, 0.25) is 5.95 Å². The molecule has 0 spiro atoms. The molecular formula is C13H13N5.